The number of rotatable bonds is 7. The smallest absolute Gasteiger partial charge is 0.305 e. The van der Waals surface area contributed by atoms with Crippen LogP contribution in [0, 0.1) is 0 Å². The first-order chi connectivity index (χ1) is 7.20. The molecule has 0 aromatic carbocycles. The summed E-state index contributed by atoms with van der Waals surface area (Å²) in [5, 5.41) is 2.49. The first-order valence-corrected chi connectivity index (χ1v) is 4.31. The number of hydrogen-bond acceptors (Lipinski definition) is 5. The van der Waals surface area contributed by atoms with E-state index in [1.54, 1.807) is 0 Å². The van der Waals surface area contributed by atoms with Crippen molar-refractivity contribution in [3.63, 3.8) is 0 Å². The minimum atomic E-state index is -0.387. The van der Waals surface area contributed by atoms with Crippen molar-refractivity contribution in [2.45, 2.75) is 12.8 Å². The SMILES string of the molecule is COC(=O)CCCNC(=O)/C=C/OC=O. The Morgan fingerprint density at radius 2 is 2.13 bits per heavy atom. The standard InChI is InChI=1S/C9H13NO5/c1-14-9(13)3-2-5-10-8(12)4-6-15-7-11/h4,6-7H,2-3,5H2,1H3,(H,10,12)/b6-4+. The van der Waals surface area contributed by atoms with Crippen molar-refractivity contribution < 1.29 is 23.9 Å². The maximum Gasteiger partial charge on any atom is 0.305 e. The molecular formula is C9H13NO5. The second-order valence-corrected chi connectivity index (χ2v) is 2.51. The average molecular weight is 215 g/mol. The van der Waals surface area contributed by atoms with Gasteiger partial charge in [0.2, 0.25) is 5.91 Å². The third-order valence-electron chi connectivity index (χ3n) is 1.44. The molecule has 0 rings (SSSR count). The molecule has 6 nitrogen and oxygen atoms in total. The molecule has 0 fully saturated rings. The van der Waals surface area contributed by atoms with Crippen molar-refractivity contribution >= 4 is 18.3 Å². The van der Waals surface area contributed by atoms with E-state index in [2.05, 4.69) is 14.8 Å². The maximum atomic E-state index is 10.9. The van der Waals surface area contributed by atoms with Gasteiger partial charge in [-0.3, -0.25) is 14.4 Å². The highest BCUT2D eigenvalue weighted by Crippen LogP contribution is 1.89. The van der Waals surface area contributed by atoms with Crippen LogP contribution in [0.1, 0.15) is 12.8 Å². The van der Waals surface area contributed by atoms with Gasteiger partial charge in [0.05, 0.1) is 13.4 Å². The van der Waals surface area contributed by atoms with E-state index in [0.717, 1.165) is 12.3 Å². The van der Waals surface area contributed by atoms with Crippen LogP contribution in [0.4, 0.5) is 0 Å². The lowest BCUT2D eigenvalue weighted by atomic mass is 10.3. The van der Waals surface area contributed by atoms with E-state index in [0.29, 0.717) is 13.0 Å². The molecule has 1 N–H and O–H groups in total. The Bertz CT molecular complexity index is 249. The minimum Gasteiger partial charge on any atom is -0.469 e. The zero-order chi connectivity index (χ0) is 11.5. The van der Waals surface area contributed by atoms with Crippen LogP contribution >= 0.6 is 0 Å². The van der Waals surface area contributed by atoms with E-state index in [1.807, 2.05) is 0 Å². The Balaban J connectivity index is 3.46. The molecule has 0 aliphatic rings. The van der Waals surface area contributed by atoms with Gasteiger partial charge in [-0.05, 0) is 6.42 Å². The molecule has 0 unspecified atom stereocenters. The summed E-state index contributed by atoms with van der Waals surface area (Å²) < 4.78 is 8.58. The third-order valence-corrected chi connectivity index (χ3v) is 1.44. The first-order valence-electron chi connectivity index (χ1n) is 4.31. The highest BCUT2D eigenvalue weighted by Gasteiger charge is 2.00. The Morgan fingerprint density at radius 3 is 2.73 bits per heavy atom. The average Bonchev–Trinajstić information content (AvgIpc) is 2.24. The Hall–Kier alpha value is -1.85. The van der Waals surface area contributed by atoms with E-state index >= 15 is 0 Å². The molecule has 0 atom stereocenters. The minimum absolute atomic E-state index is 0.209. The maximum absolute atomic E-state index is 10.9. The highest BCUT2D eigenvalue weighted by molar-refractivity contribution is 5.87. The Labute approximate surface area is 87.2 Å². The molecule has 0 heterocycles. The lowest BCUT2D eigenvalue weighted by molar-refractivity contribution is -0.140. The predicted molar refractivity (Wildman–Crippen MR) is 50.5 cm³/mol. The van der Waals surface area contributed by atoms with Crippen LogP contribution in [0.5, 0.6) is 0 Å². The molecule has 6 heteroatoms. The lowest BCUT2D eigenvalue weighted by Gasteiger charge is -2.00. The van der Waals surface area contributed by atoms with Gasteiger partial charge in [-0.1, -0.05) is 0 Å². The topological polar surface area (TPSA) is 81.7 Å². The number of nitrogens with one attached hydrogen (secondary N) is 1. The van der Waals surface area contributed by atoms with Gasteiger partial charge in [-0.15, -0.1) is 0 Å². The number of carbonyl (C=O) groups is 3. The summed E-state index contributed by atoms with van der Waals surface area (Å²) >= 11 is 0. The zero-order valence-corrected chi connectivity index (χ0v) is 8.39. The normalized spacial score (nSPS) is 9.67. The van der Waals surface area contributed by atoms with Crippen molar-refractivity contribution in [3.05, 3.63) is 12.3 Å². The summed E-state index contributed by atoms with van der Waals surface area (Å²) in [7, 11) is 1.31. The van der Waals surface area contributed by atoms with Crippen LogP contribution in [0.25, 0.3) is 0 Å². The van der Waals surface area contributed by atoms with E-state index in [9.17, 15) is 14.4 Å². The molecule has 0 aromatic heterocycles. The molecule has 0 saturated carbocycles. The van der Waals surface area contributed by atoms with Crippen LogP contribution in [0.2, 0.25) is 0 Å². The van der Waals surface area contributed by atoms with Gasteiger partial charge in [0.1, 0.15) is 0 Å². The first kappa shape index (κ1) is 13.2. The molecule has 0 aromatic rings. The summed E-state index contributed by atoms with van der Waals surface area (Å²) in [6, 6.07) is 0. The molecule has 0 saturated heterocycles. The molecule has 0 radical (unpaired) electrons. The largest absolute Gasteiger partial charge is 0.469 e. The van der Waals surface area contributed by atoms with Gasteiger partial charge in [0.25, 0.3) is 6.47 Å². The summed E-state index contributed by atoms with van der Waals surface area (Å²) in [6.07, 6.45) is 2.81. The summed E-state index contributed by atoms with van der Waals surface area (Å²) in [5.74, 6) is -0.703. The van der Waals surface area contributed by atoms with Crippen LogP contribution in [-0.4, -0.2) is 32.0 Å². The van der Waals surface area contributed by atoms with Crippen LogP contribution in [0.15, 0.2) is 12.3 Å². The summed E-state index contributed by atoms with van der Waals surface area (Å²) in [5.41, 5.74) is 0. The number of ether oxygens (including phenoxy) is 2. The van der Waals surface area contributed by atoms with Gasteiger partial charge < -0.3 is 14.8 Å². The monoisotopic (exact) mass is 215 g/mol. The molecule has 84 valence electrons. The van der Waals surface area contributed by atoms with E-state index in [4.69, 9.17) is 0 Å². The number of carbonyl (C=O) groups excluding carboxylic acids is 3. The number of hydrogen-bond donors (Lipinski definition) is 1. The fourth-order valence-corrected chi connectivity index (χ4v) is 0.738. The zero-order valence-electron chi connectivity index (χ0n) is 8.39. The van der Waals surface area contributed by atoms with Crippen LogP contribution < -0.4 is 5.32 Å². The fourth-order valence-electron chi connectivity index (χ4n) is 0.738. The molecular weight excluding hydrogens is 202 g/mol. The number of methoxy groups -OCH3 is 1. The number of esters is 1. The second kappa shape index (κ2) is 8.74. The molecule has 0 aliphatic carbocycles. The molecule has 0 bridgehead atoms. The van der Waals surface area contributed by atoms with Gasteiger partial charge >= 0.3 is 5.97 Å². The quantitative estimate of drug-likeness (QED) is 0.208. The van der Waals surface area contributed by atoms with E-state index in [-0.39, 0.29) is 24.8 Å². The lowest BCUT2D eigenvalue weighted by Crippen LogP contribution is -2.22. The van der Waals surface area contributed by atoms with Gasteiger partial charge in [0.15, 0.2) is 0 Å². The van der Waals surface area contributed by atoms with Gasteiger partial charge in [-0.2, -0.15) is 0 Å². The van der Waals surface area contributed by atoms with Crippen molar-refractivity contribution in [1.82, 2.24) is 5.32 Å². The molecule has 0 spiro atoms. The second-order valence-electron chi connectivity index (χ2n) is 2.51. The molecule has 15 heavy (non-hydrogen) atoms. The van der Waals surface area contributed by atoms with Crippen molar-refractivity contribution in [2.75, 3.05) is 13.7 Å². The van der Waals surface area contributed by atoms with E-state index < -0.39 is 0 Å². The Morgan fingerprint density at radius 1 is 1.40 bits per heavy atom. The molecule has 0 aliphatic heterocycles. The fraction of sp³-hybridized carbons (Fsp3) is 0.444. The predicted octanol–water partition coefficient (Wildman–Crippen LogP) is -0.258. The van der Waals surface area contributed by atoms with Crippen molar-refractivity contribution in [3.8, 4) is 0 Å². The third kappa shape index (κ3) is 8.48. The Kier molecular flexibility index (Phi) is 7.66. The van der Waals surface area contributed by atoms with Crippen LogP contribution in [-0.2, 0) is 23.9 Å². The van der Waals surface area contributed by atoms with Gasteiger partial charge in [-0.25, -0.2) is 0 Å². The molecule has 1 amide bonds. The van der Waals surface area contributed by atoms with Crippen molar-refractivity contribution in [2.24, 2.45) is 0 Å². The summed E-state index contributed by atoms with van der Waals surface area (Å²) in [4.78, 5) is 31.3. The van der Waals surface area contributed by atoms with Gasteiger partial charge in [0, 0.05) is 19.0 Å². The van der Waals surface area contributed by atoms with Crippen molar-refractivity contribution in [1.29, 1.82) is 0 Å². The summed E-state index contributed by atoms with van der Waals surface area (Å²) in [6.45, 7) is 0.570. The number of amides is 1. The van der Waals surface area contributed by atoms with Crippen LogP contribution in [0.3, 0.4) is 0 Å². The highest BCUT2D eigenvalue weighted by atomic mass is 16.5. The van der Waals surface area contributed by atoms with E-state index in [1.165, 1.54) is 7.11 Å².